The molecule has 1 unspecified atom stereocenters. The quantitative estimate of drug-likeness (QED) is 0.808. The molecular weight excluding hydrogens is 284 g/mol. The number of likely N-dealkylation sites (N-methyl/N-ethyl adjacent to an activating group) is 2. The highest BCUT2D eigenvalue weighted by atomic mass is 16.5. The second-order valence-electron chi connectivity index (χ2n) is 6.27. The minimum absolute atomic E-state index is 0.499. The first kappa shape index (κ1) is 17.5. The normalized spacial score (nSPS) is 12.4. The molecule has 2 aromatic carbocycles. The molecule has 1 atom stereocenters. The largest absolute Gasteiger partial charge is 0.492 e. The molecule has 0 heterocycles. The number of hydrogen-bond donors (Lipinski definition) is 1. The third-order valence-corrected chi connectivity index (χ3v) is 3.98. The molecule has 1 N–H and O–H groups in total. The Morgan fingerprint density at radius 3 is 2.04 bits per heavy atom. The first-order valence-corrected chi connectivity index (χ1v) is 8.22. The Balaban J connectivity index is 1.96. The molecule has 0 aliphatic heterocycles. The summed E-state index contributed by atoms with van der Waals surface area (Å²) in [6, 6.07) is 17.6. The van der Waals surface area contributed by atoms with E-state index in [0.29, 0.717) is 12.6 Å². The van der Waals surface area contributed by atoms with Crippen molar-refractivity contribution >= 4 is 0 Å². The number of hydrogen-bond acceptors (Lipinski definition) is 3. The van der Waals surface area contributed by atoms with Crippen molar-refractivity contribution in [3.05, 3.63) is 54.1 Å². The molecular formula is C20H28N2O. The van der Waals surface area contributed by atoms with Crippen LogP contribution >= 0.6 is 0 Å². The van der Waals surface area contributed by atoms with E-state index >= 15 is 0 Å². The van der Waals surface area contributed by atoms with Crippen molar-refractivity contribution in [1.82, 2.24) is 10.2 Å². The number of ether oxygens (including phenoxy) is 1. The Labute approximate surface area is 140 Å². The molecule has 0 aliphatic rings. The minimum Gasteiger partial charge on any atom is -0.492 e. The van der Waals surface area contributed by atoms with E-state index in [1.165, 1.54) is 16.7 Å². The summed E-state index contributed by atoms with van der Waals surface area (Å²) in [6.45, 7) is 3.84. The van der Waals surface area contributed by atoms with Gasteiger partial charge in [0.2, 0.25) is 0 Å². The lowest BCUT2D eigenvalue weighted by Gasteiger charge is -2.12. The van der Waals surface area contributed by atoms with E-state index in [2.05, 4.69) is 53.5 Å². The van der Waals surface area contributed by atoms with E-state index in [4.69, 9.17) is 4.74 Å². The SMILES string of the molecule is CNC(C)Cc1ccc(-c2ccc(OCCN(C)C)cc2)cc1. The van der Waals surface area contributed by atoms with Crippen molar-refractivity contribution < 1.29 is 4.74 Å². The van der Waals surface area contributed by atoms with Crippen LogP contribution in [0.2, 0.25) is 0 Å². The highest BCUT2D eigenvalue weighted by Crippen LogP contribution is 2.23. The van der Waals surface area contributed by atoms with Gasteiger partial charge in [0.15, 0.2) is 0 Å². The monoisotopic (exact) mass is 312 g/mol. The van der Waals surface area contributed by atoms with Gasteiger partial charge in [0.25, 0.3) is 0 Å². The second kappa shape index (κ2) is 8.70. The van der Waals surface area contributed by atoms with Gasteiger partial charge in [-0.3, -0.25) is 0 Å². The molecule has 124 valence electrons. The first-order chi connectivity index (χ1) is 11.1. The molecule has 0 radical (unpaired) electrons. The summed E-state index contributed by atoms with van der Waals surface area (Å²) in [5.41, 5.74) is 3.82. The van der Waals surface area contributed by atoms with E-state index in [-0.39, 0.29) is 0 Å². The van der Waals surface area contributed by atoms with Gasteiger partial charge in [0, 0.05) is 12.6 Å². The number of nitrogens with zero attached hydrogens (tertiary/aromatic N) is 1. The van der Waals surface area contributed by atoms with Crippen molar-refractivity contribution in [3.8, 4) is 16.9 Å². The summed E-state index contributed by atoms with van der Waals surface area (Å²) in [5, 5.41) is 3.27. The summed E-state index contributed by atoms with van der Waals surface area (Å²) in [7, 11) is 6.10. The summed E-state index contributed by atoms with van der Waals surface area (Å²) in [4.78, 5) is 2.12. The smallest absolute Gasteiger partial charge is 0.119 e. The highest BCUT2D eigenvalue weighted by Gasteiger charge is 2.03. The number of nitrogens with one attached hydrogen (secondary N) is 1. The van der Waals surface area contributed by atoms with Gasteiger partial charge in [-0.05, 0) is 63.3 Å². The van der Waals surface area contributed by atoms with Crippen molar-refractivity contribution in [2.75, 3.05) is 34.3 Å². The predicted octanol–water partition coefficient (Wildman–Crippen LogP) is 3.44. The molecule has 2 rings (SSSR count). The average molecular weight is 312 g/mol. The summed E-state index contributed by atoms with van der Waals surface area (Å²) < 4.78 is 5.73. The Kier molecular flexibility index (Phi) is 6.63. The molecule has 3 heteroatoms. The van der Waals surface area contributed by atoms with Crippen LogP contribution in [0.4, 0.5) is 0 Å². The van der Waals surface area contributed by atoms with Gasteiger partial charge in [0.1, 0.15) is 12.4 Å². The van der Waals surface area contributed by atoms with Gasteiger partial charge in [-0.25, -0.2) is 0 Å². The van der Waals surface area contributed by atoms with E-state index in [0.717, 1.165) is 18.7 Å². The van der Waals surface area contributed by atoms with Gasteiger partial charge >= 0.3 is 0 Å². The molecule has 0 fully saturated rings. The Morgan fingerprint density at radius 1 is 0.957 bits per heavy atom. The fraction of sp³-hybridized carbons (Fsp3) is 0.400. The molecule has 0 bridgehead atoms. The highest BCUT2D eigenvalue weighted by molar-refractivity contribution is 5.64. The fourth-order valence-corrected chi connectivity index (χ4v) is 2.38. The van der Waals surface area contributed by atoms with Crippen LogP contribution in [-0.2, 0) is 6.42 Å². The van der Waals surface area contributed by atoms with Crippen LogP contribution in [0.1, 0.15) is 12.5 Å². The van der Waals surface area contributed by atoms with Crippen LogP contribution in [-0.4, -0.2) is 45.2 Å². The van der Waals surface area contributed by atoms with E-state index in [1.807, 2.05) is 33.3 Å². The van der Waals surface area contributed by atoms with Gasteiger partial charge in [0.05, 0.1) is 0 Å². The lowest BCUT2D eigenvalue weighted by molar-refractivity contribution is 0.261. The van der Waals surface area contributed by atoms with Gasteiger partial charge in [-0.1, -0.05) is 36.4 Å². The second-order valence-corrected chi connectivity index (χ2v) is 6.27. The molecule has 0 amide bonds. The summed E-state index contributed by atoms with van der Waals surface area (Å²) >= 11 is 0. The van der Waals surface area contributed by atoms with Crippen LogP contribution in [0.3, 0.4) is 0 Å². The molecule has 2 aromatic rings. The van der Waals surface area contributed by atoms with Crippen molar-refractivity contribution in [2.24, 2.45) is 0 Å². The predicted molar refractivity (Wildman–Crippen MR) is 98.2 cm³/mol. The third kappa shape index (κ3) is 5.70. The first-order valence-electron chi connectivity index (χ1n) is 8.22. The number of rotatable bonds is 8. The fourth-order valence-electron chi connectivity index (χ4n) is 2.38. The zero-order valence-corrected chi connectivity index (χ0v) is 14.7. The zero-order chi connectivity index (χ0) is 16.7. The van der Waals surface area contributed by atoms with Crippen molar-refractivity contribution in [1.29, 1.82) is 0 Å². The molecule has 0 spiro atoms. The Hall–Kier alpha value is -1.84. The lowest BCUT2D eigenvalue weighted by atomic mass is 10.0. The Morgan fingerprint density at radius 2 is 1.52 bits per heavy atom. The van der Waals surface area contributed by atoms with E-state index in [9.17, 15) is 0 Å². The van der Waals surface area contributed by atoms with Crippen LogP contribution in [0.25, 0.3) is 11.1 Å². The Bertz CT molecular complexity index is 576. The van der Waals surface area contributed by atoms with Crippen molar-refractivity contribution in [2.45, 2.75) is 19.4 Å². The van der Waals surface area contributed by atoms with Crippen LogP contribution in [0, 0.1) is 0 Å². The molecule has 0 aliphatic carbocycles. The molecule has 23 heavy (non-hydrogen) atoms. The maximum atomic E-state index is 5.73. The summed E-state index contributed by atoms with van der Waals surface area (Å²) in [6.07, 6.45) is 1.05. The van der Waals surface area contributed by atoms with Crippen LogP contribution in [0.15, 0.2) is 48.5 Å². The van der Waals surface area contributed by atoms with Crippen molar-refractivity contribution in [3.63, 3.8) is 0 Å². The minimum atomic E-state index is 0.499. The number of benzene rings is 2. The standard InChI is InChI=1S/C20H28N2O/c1-16(21-2)15-17-5-7-18(8-6-17)19-9-11-20(12-10-19)23-14-13-22(3)4/h5-12,16,21H,13-15H2,1-4H3. The lowest BCUT2D eigenvalue weighted by Crippen LogP contribution is -2.23. The van der Waals surface area contributed by atoms with Gasteiger partial charge in [-0.15, -0.1) is 0 Å². The molecule has 0 saturated carbocycles. The topological polar surface area (TPSA) is 24.5 Å². The maximum Gasteiger partial charge on any atom is 0.119 e. The zero-order valence-electron chi connectivity index (χ0n) is 14.7. The average Bonchev–Trinajstić information content (AvgIpc) is 2.56. The summed E-state index contributed by atoms with van der Waals surface area (Å²) in [5.74, 6) is 0.926. The molecule has 0 saturated heterocycles. The molecule has 0 aromatic heterocycles. The van der Waals surface area contributed by atoms with Crippen LogP contribution < -0.4 is 10.1 Å². The maximum absolute atomic E-state index is 5.73. The van der Waals surface area contributed by atoms with Crippen LogP contribution in [0.5, 0.6) is 5.75 Å². The van der Waals surface area contributed by atoms with E-state index < -0.39 is 0 Å². The van der Waals surface area contributed by atoms with Gasteiger partial charge in [-0.2, -0.15) is 0 Å². The third-order valence-electron chi connectivity index (χ3n) is 3.98. The van der Waals surface area contributed by atoms with Gasteiger partial charge < -0.3 is 15.0 Å². The van der Waals surface area contributed by atoms with E-state index in [1.54, 1.807) is 0 Å². The molecule has 3 nitrogen and oxygen atoms in total.